The number of hydrogen-bond donors (Lipinski definition) is 1. The van der Waals surface area contributed by atoms with Gasteiger partial charge in [0.15, 0.2) is 0 Å². The molecule has 96 valence electrons. The van der Waals surface area contributed by atoms with Crippen molar-refractivity contribution in [2.75, 3.05) is 0 Å². The second-order valence-electron chi connectivity index (χ2n) is 5.14. The summed E-state index contributed by atoms with van der Waals surface area (Å²) in [5.74, 6) is 0.628. The topological polar surface area (TPSA) is 26.0 Å². The van der Waals surface area contributed by atoms with Crippen LogP contribution >= 0.6 is 0 Å². The summed E-state index contributed by atoms with van der Waals surface area (Å²) in [5, 5.41) is 0. The smallest absolute Gasteiger partial charge is 0.00364 e. The van der Waals surface area contributed by atoms with E-state index in [4.69, 9.17) is 5.73 Å². The molecule has 2 atom stereocenters. The molecule has 1 heteroatoms. The lowest BCUT2D eigenvalue weighted by atomic mass is 9.93. The summed E-state index contributed by atoms with van der Waals surface area (Å²) in [7, 11) is 0. The molecule has 0 heterocycles. The third kappa shape index (κ3) is 4.91. The van der Waals surface area contributed by atoms with E-state index >= 15 is 0 Å². The largest absolute Gasteiger partial charge is 0.328 e. The Balaban J connectivity index is 2.48. The Morgan fingerprint density at radius 2 is 1.71 bits per heavy atom. The summed E-state index contributed by atoms with van der Waals surface area (Å²) in [4.78, 5) is 0. The van der Waals surface area contributed by atoms with Crippen LogP contribution in [0.1, 0.15) is 63.5 Å². The third-order valence-electron chi connectivity index (χ3n) is 3.58. The van der Waals surface area contributed by atoms with Crippen molar-refractivity contribution >= 4 is 0 Å². The van der Waals surface area contributed by atoms with Crippen LogP contribution < -0.4 is 5.73 Å². The average Bonchev–Trinajstić information content (AvgIpc) is 2.36. The first kappa shape index (κ1) is 14.2. The Labute approximate surface area is 106 Å². The van der Waals surface area contributed by atoms with Gasteiger partial charge < -0.3 is 5.73 Å². The van der Waals surface area contributed by atoms with E-state index in [1.54, 1.807) is 0 Å². The van der Waals surface area contributed by atoms with E-state index in [1.165, 1.54) is 30.4 Å². The second-order valence-corrected chi connectivity index (χ2v) is 5.14. The lowest BCUT2D eigenvalue weighted by Crippen LogP contribution is -2.18. The van der Waals surface area contributed by atoms with Crippen molar-refractivity contribution in [2.45, 2.75) is 64.8 Å². The SMILES string of the molecule is CCCc1ccc(C(C)CCC(N)CC)cc1. The minimum absolute atomic E-state index is 0.372. The lowest BCUT2D eigenvalue weighted by molar-refractivity contribution is 0.530. The molecule has 0 aliphatic heterocycles. The summed E-state index contributed by atoms with van der Waals surface area (Å²) < 4.78 is 0. The van der Waals surface area contributed by atoms with Crippen molar-refractivity contribution in [3.63, 3.8) is 0 Å². The Kier molecular flexibility index (Phi) is 6.28. The van der Waals surface area contributed by atoms with Crippen LogP contribution in [0.3, 0.4) is 0 Å². The van der Waals surface area contributed by atoms with Crippen molar-refractivity contribution in [1.29, 1.82) is 0 Å². The van der Waals surface area contributed by atoms with Gasteiger partial charge in [0.25, 0.3) is 0 Å². The standard InChI is InChI=1S/C16H27N/c1-4-6-14-8-10-15(11-9-14)13(3)7-12-16(17)5-2/h8-11,13,16H,4-7,12,17H2,1-3H3. The third-order valence-corrected chi connectivity index (χ3v) is 3.58. The fourth-order valence-corrected chi connectivity index (χ4v) is 2.14. The molecule has 0 aromatic heterocycles. The van der Waals surface area contributed by atoms with Crippen molar-refractivity contribution in [3.05, 3.63) is 35.4 Å². The van der Waals surface area contributed by atoms with Gasteiger partial charge in [-0.3, -0.25) is 0 Å². The summed E-state index contributed by atoms with van der Waals surface area (Å²) in [5.41, 5.74) is 8.87. The molecule has 0 fully saturated rings. The summed E-state index contributed by atoms with van der Waals surface area (Å²) in [6, 6.07) is 9.49. The average molecular weight is 233 g/mol. The zero-order valence-electron chi connectivity index (χ0n) is 11.6. The molecule has 0 spiro atoms. The highest BCUT2D eigenvalue weighted by Crippen LogP contribution is 2.22. The molecule has 2 N–H and O–H groups in total. The number of hydrogen-bond acceptors (Lipinski definition) is 1. The van der Waals surface area contributed by atoms with E-state index in [-0.39, 0.29) is 0 Å². The first-order valence-electron chi connectivity index (χ1n) is 7.01. The first-order chi connectivity index (χ1) is 8.17. The second kappa shape index (κ2) is 7.50. The molecule has 0 radical (unpaired) electrons. The van der Waals surface area contributed by atoms with Crippen LogP contribution in [0.25, 0.3) is 0 Å². The molecule has 0 bridgehead atoms. The summed E-state index contributed by atoms with van der Waals surface area (Å²) in [6.45, 7) is 6.69. The van der Waals surface area contributed by atoms with Gasteiger partial charge in [-0.05, 0) is 42.7 Å². The first-order valence-corrected chi connectivity index (χ1v) is 7.01. The summed E-state index contributed by atoms with van der Waals surface area (Å²) in [6.07, 6.45) is 5.83. The minimum Gasteiger partial charge on any atom is -0.328 e. The van der Waals surface area contributed by atoms with E-state index in [9.17, 15) is 0 Å². The fraction of sp³-hybridized carbons (Fsp3) is 0.625. The molecule has 17 heavy (non-hydrogen) atoms. The highest BCUT2D eigenvalue weighted by atomic mass is 14.6. The van der Waals surface area contributed by atoms with E-state index in [0.29, 0.717) is 12.0 Å². The number of rotatable bonds is 7. The van der Waals surface area contributed by atoms with Gasteiger partial charge in [-0.15, -0.1) is 0 Å². The van der Waals surface area contributed by atoms with Gasteiger partial charge in [0.2, 0.25) is 0 Å². The Hall–Kier alpha value is -0.820. The molecule has 1 nitrogen and oxygen atoms in total. The maximum Gasteiger partial charge on any atom is 0.00364 e. The van der Waals surface area contributed by atoms with Crippen molar-refractivity contribution in [1.82, 2.24) is 0 Å². The van der Waals surface area contributed by atoms with Crippen LogP contribution in [-0.4, -0.2) is 6.04 Å². The van der Waals surface area contributed by atoms with E-state index in [2.05, 4.69) is 45.0 Å². The maximum absolute atomic E-state index is 5.96. The van der Waals surface area contributed by atoms with Gasteiger partial charge >= 0.3 is 0 Å². The predicted molar refractivity (Wildman–Crippen MR) is 76.4 cm³/mol. The maximum atomic E-state index is 5.96. The van der Waals surface area contributed by atoms with E-state index < -0.39 is 0 Å². The van der Waals surface area contributed by atoms with Gasteiger partial charge in [-0.25, -0.2) is 0 Å². The molecular weight excluding hydrogens is 206 g/mol. The Morgan fingerprint density at radius 3 is 2.24 bits per heavy atom. The normalized spacial score (nSPS) is 14.6. The molecule has 0 saturated carbocycles. The lowest BCUT2D eigenvalue weighted by Gasteiger charge is -2.15. The van der Waals surface area contributed by atoms with Crippen molar-refractivity contribution in [3.8, 4) is 0 Å². The molecule has 0 aliphatic carbocycles. The van der Waals surface area contributed by atoms with Gasteiger partial charge in [-0.1, -0.05) is 51.5 Å². The molecule has 1 aromatic carbocycles. The van der Waals surface area contributed by atoms with Gasteiger partial charge in [0.05, 0.1) is 0 Å². The van der Waals surface area contributed by atoms with E-state index in [1.807, 2.05) is 0 Å². The minimum atomic E-state index is 0.372. The highest BCUT2D eigenvalue weighted by Gasteiger charge is 2.07. The quantitative estimate of drug-likeness (QED) is 0.748. The van der Waals surface area contributed by atoms with Crippen LogP contribution in [0.4, 0.5) is 0 Å². The van der Waals surface area contributed by atoms with Crippen LogP contribution in [-0.2, 0) is 6.42 Å². The number of aryl methyl sites for hydroxylation is 1. The molecule has 0 amide bonds. The van der Waals surface area contributed by atoms with Gasteiger partial charge in [0.1, 0.15) is 0 Å². The summed E-state index contributed by atoms with van der Waals surface area (Å²) >= 11 is 0. The van der Waals surface area contributed by atoms with Gasteiger partial charge in [0, 0.05) is 6.04 Å². The molecule has 0 aliphatic rings. The molecule has 2 unspecified atom stereocenters. The molecule has 0 saturated heterocycles. The van der Waals surface area contributed by atoms with Crippen LogP contribution in [0.15, 0.2) is 24.3 Å². The zero-order valence-corrected chi connectivity index (χ0v) is 11.6. The van der Waals surface area contributed by atoms with E-state index in [0.717, 1.165) is 12.8 Å². The number of benzene rings is 1. The Morgan fingerprint density at radius 1 is 1.06 bits per heavy atom. The van der Waals surface area contributed by atoms with Crippen LogP contribution in [0.5, 0.6) is 0 Å². The zero-order chi connectivity index (χ0) is 12.7. The highest BCUT2D eigenvalue weighted by molar-refractivity contribution is 5.25. The number of nitrogens with two attached hydrogens (primary N) is 1. The van der Waals surface area contributed by atoms with Crippen molar-refractivity contribution < 1.29 is 0 Å². The predicted octanol–water partition coefficient (Wildman–Crippen LogP) is 4.26. The van der Waals surface area contributed by atoms with Crippen molar-refractivity contribution in [2.24, 2.45) is 5.73 Å². The van der Waals surface area contributed by atoms with Gasteiger partial charge in [-0.2, -0.15) is 0 Å². The molecular formula is C16H27N. The fourth-order valence-electron chi connectivity index (χ4n) is 2.14. The monoisotopic (exact) mass is 233 g/mol. The molecule has 1 rings (SSSR count). The Bertz CT molecular complexity index is 302. The van der Waals surface area contributed by atoms with Crippen LogP contribution in [0.2, 0.25) is 0 Å². The van der Waals surface area contributed by atoms with Crippen LogP contribution in [0, 0.1) is 0 Å². The molecule has 1 aromatic rings.